The van der Waals surface area contributed by atoms with Crippen LogP contribution in [0.1, 0.15) is 31.7 Å². The predicted octanol–water partition coefficient (Wildman–Crippen LogP) is 2.26. The Morgan fingerprint density at radius 1 is 1.26 bits per heavy atom. The van der Waals surface area contributed by atoms with Crippen molar-refractivity contribution in [2.24, 2.45) is 0 Å². The van der Waals surface area contributed by atoms with Crippen LogP contribution in [0.25, 0.3) is 0 Å². The Morgan fingerprint density at radius 2 is 2.04 bits per heavy atom. The van der Waals surface area contributed by atoms with E-state index >= 15 is 0 Å². The lowest BCUT2D eigenvalue weighted by Gasteiger charge is -2.27. The number of nitrogens with one attached hydrogen (secondary N) is 1. The zero-order valence-electron chi connectivity index (χ0n) is 12.6. The van der Waals surface area contributed by atoms with E-state index in [1.165, 1.54) is 0 Å². The van der Waals surface area contributed by atoms with Crippen molar-refractivity contribution in [1.29, 1.82) is 0 Å². The van der Waals surface area contributed by atoms with Gasteiger partial charge in [0.25, 0.3) is 0 Å². The normalized spacial score (nSPS) is 24.4. The van der Waals surface area contributed by atoms with Crippen LogP contribution in [0.2, 0.25) is 5.02 Å². The first kappa shape index (κ1) is 14.4. The van der Waals surface area contributed by atoms with Crippen LogP contribution in [0.3, 0.4) is 0 Å². The fourth-order valence-corrected chi connectivity index (χ4v) is 3.52. The minimum Gasteiger partial charge on any atom is -0.454 e. The second kappa shape index (κ2) is 4.64. The SMILES string of the molecule is CC1(C)OC(=O)C2=C1NC(=O)C[C@H]2c1cc(Cl)c2c(c1)OCO2. The molecule has 23 heavy (non-hydrogen) atoms. The van der Waals surface area contributed by atoms with Crippen LogP contribution >= 0.6 is 11.6 Å². The van der Waals surface area contributed by atoms with E-state index in [-0.39, 0.29) is 19.1 Å². The van der Waals surface area contributed by atoms with Gasteiger partial charge < -0.3 is 19.5 Å². The first-order valence-electron chi connectivity index (χ1n) is 7.23. The molecule has 4 rings (SSSR count). The van der Waals surface area contributed by atoms with Gasteiger partial charge in [-0.3, -0.25) is 4.79 Å². The van der Waals surface area contributed by atoms with Crippen LogP contribution in [0.15, 0.2) is 23.4 Å². The standard InChI is InChI=1S/C16H14ClNO5/c1-16(2)14-12(15(20)23-16)8(5-11(19)18-14)7-3-9(17)13-10(4-7)21-6-22-13/h3-4,8H,5-6H2,1-2H3,(H,18,19)/t8-/m0/s1. The summed E-state index contributed by atoms with van der Waals surface area (Å²) in [4.78, 5) is 24.4. The Hall–Kier alpha value is -2.21. The molecule has 1 N–H and O–H groups in total. The summed E-state index contributed by atoms with van der Waals surface area (Å²) < 4.78 is 16.1. The maximum absolute atomic E-state index is 12.3. The van der Waals surface area contributed by atoms with E-state index < -0.39 is 17.5 Å². The maximum atomic E-state index is 12.3. The van der Waals surface area contributed by atoms with Gasteiger partial charge in [-0.1, -0.05) is 11.6 Å². The summed E-state index contributed by atoms with van der Waals surface area (Å²) >= 11 is 6.23. The summed E-state index contributed by atoms with van der Waals surface area (Å²) in [6.45, 7) is 3.61. The van der Waals surface area contributed by atoms with Gasteiger partial charge in [-0.2, -0.15) is 0 Å². The number of hydrogen-bond acceptors (Lipinski definition) is 5. The third-order valence-electron chi connectivity index (χ3n) is 4.29. The average Bonchev–Trinajstić information content (AvgIpc) is 3.02. The molecule has 1 aromatic carbocycles. The summed E-state index contributed by atoms with van der Waals surface area (Å²) in [6.07, 6.45) is 0.153. The molecule has 120 valence electrons. The zero-order valence-corrected chi connectivity index (χ0v) is 13.3. The Labute approximate surface area is 137 Å². The predicted molar refractivity (Wildman–Crippen MR) is 80.3 cm³/mol. The van der Waals surface area contributed by atoms with Gasteiger partial charge in [0, 0.05) is 12.3 Å². The van der Waals surface area contributed by atoms with Crippen LogP contribution in [-0.2, 0) is 14.3 Å². The van der Waals surface area contributed by atoms with Crippen molar-refractivity contribution in [3.05, 3.63) is 34.0 Å². The smallest absolute Gasteiger partial charge is 0.337 e. The highest BCUT2D eigenvalue weighted by Gasteiger charge is 2.47. The number of benzene rings is 1. The van der Waals surface area contributed by atoms with Gasteiger partial charge in [-0.05, 0) is 31.5 Å². The van der Waals surface area contributed by atoms with Crippen LogP contribution in [-0.4, -0.2) is 24.3 Å². The monoisotopic (exact) mass is 335 g/mol. The number of carbonyl (C=O) groups is 2. The number of ether oxygens (including phenoxy) is 3. The van der Waals surface area contributed by atoms with E-state index in [0.717, 1.165) is 5.56 Å². The molecule has 0 fully saturated rings. The van der Waals surface area contributed by atoms with Crippen molar-refractivity contribution >= 4 is 23.5 Å². The van der Waals surface area contributed by atoms with Crippen molar-refractivity contribution in [3.63, 3.8) is 0 Å². The van der Waals surface area contributed by atoms with E-state index in [1.54, 1.807) is 26.0 Å². The number of hydrogen-bond donors (Lipinski definition) is 1. The molecule has 1 atom stereocenters. The molecule has 0 bridgehead atoms. The van der Waals surface area contributed by atoms with Gasteiger partial charge in [0.15, 0.2) is 11.5 Å². The van der Waals surface area contributed by atoms with Gasteiger partial charge in [0.1, 0.15) is 5.60 Å². The van der Waals surface area contributed by atoms with Crippen LogP contribution in [0.4, 0.5) is 0 Å². The molecule has 0 saturated heterocycles. The summed E-state index contributed by atoms with van der Waals surface area (Å²) in [7, 11) is 0. The minimum absolute atomic E-state index is 0.104. The molecule has 1 aromatic rings. The highest BCUT2D eigenvalue weighted by molar-refractivity contribution is 6.32. The molecule has 7 heteroatoms. The Bertz CT molecular complexity index is 783. The van der Waals surface area contributed by atoms with Gasteiger partial charge >= 0.3 is 5.97 Å². The quantitative estimate of drug-likeness (QED) is 0.797. The van der Waals surface area contributed by atoms with E-state index in [2.05, 4.69) is 5.32 Å². The molecule has 3 aliphatic rings. The van der Waals surface area contributed by atoms with Gasteiger partial charge in [0.05, 0.1) is 16.3 Å². The lowest BCUT2D eigenvalue weighted by atomic mass is 9.82. The summed E-state index contributed by atoms with van der Waals surface area (Å²) in [5, 5.41) is 3.17. The molecule has 3 aliphatic heterocycles. The topological polar surface area (TPSA) is 73.9 Å². The Balaban J connectivity index is 1.85. The van der Waals surface area contributed by atoms with Crippen molar-refractivity contribution < 1.29 is 23.8 Å². The summed E-state index contributed by atoms with van der Waals surface area (Å²) in [6, 6.07) is 3.47. The second-order valence-corrected chi connectivity index (χ2v) is 6.64. The van der Waals surface area contributed by atoms with Gasteiger partial charge in [0.2, 0.25) is 12.7 Å². The Morgan fingerprint density at radius 3 is 2.83 bits per heavy atom. The molecule has 3 heterocycles. The first-order chi connectivity index (χ1) is 10.9. The largest absolute Gasteiger partial charge is 0.454 e. The highest BCUT2D eigenvalue weighted by Crippen LogP contribution is 2.47. The van der Waals surface area contributed by atoms with E-state index in [0.29, 0.717) is 27.8 Å². The van der Waals surface area contributed by atoms with E-state index in [1.807, 2.05) is 0 Å². The van der Waals surface area contributed by atoms with Crippen molar-refractivity contribution in [1.82, 2.24) is 5.32 Å². The number of carbonyl (C=O) groups excluding carboxylic acids is 2. The van der Waals surface area contributed by atoms with Gasteiger partial charge in [-0.15, -0.1) is 0 Å². The van der Waals surface area contributed by atoms with E-state index in [9.17, 15) is 9.59 Å². The van der Waals surface area contributed by atoms with Crippen molar-refractivity contribution in [2.75, 3.05) is 6.79 Å². The molecule has 6 nitrogen and oxygen atoms in total. The fraction of sp³-hybridized carbons (Fsp3) is 0.375. The Kier molecular flexibility index (Phi) is 2.90. The molecule has 0 unspecified atom stereocenters. The third-order valence-corrected chi connectivity index (χ3v) is 4.57. The number of fused-ring (bicyclic) bond motifs is 1. The van der Waals surface area contributed by atoms with E-state index in [4.69, 9.17) is 25.8 Å². The maximum Gasteiger partial charge on any atom is 0.337 e. The van der Waals surface area contributed by atoms with Crippen molar-refractivity contribution in [3.8, 4) is 11.5 Å². The van der Waals surface area contributed by atoms with Crippen molar-refractivity contribution in [2.45, 2.75) is 31.8 Å². The van der Waals surface area contributed by atoms with Crippen LogP contribution in [0.5, 0.6) is 11.5 Å². The molecule has 0 saturated carbocycles. The first-order valence-corrected chi connectivity index (χ1v) is 7.61. The molecule has 1 amide bonds. The molecule has 0 spiro atoms. The minimum atomic E-state index is -0.846. The molecule has 0 aromatic heterocycles. The number of rotatable bonds is 1. The molecule has 0 radical (unpaired) electrons. The summed E-state index contributed by atoms with van der Waals surface area (Å²) in [5.41, 5.74) is 0.888. The number of cyclic esters (lactones) is 1. The van der Waals surface area contributed by atoms with Crippen LogP contribution in [0, 0.1) is 0 Å². The number of halogens is 1. The molecular weight excluding hydrogens is 322 g/mol. The highest BCUT2D eigenvalue weighted by atomic mass is 35.5. The zero-order chi connectivity index (χ0) is 16.4. The third kappa shape index (κ3) is 2.09. The number of esters is 1. The van der Waals surface area contributed by atoms with Gasteiger partial charge in [-0.25, -0.2) is 4.79 Å². The molecular formula is C16H14ClNO5. The summed E-state index contributed by atoms with van der Waals surface area (Å²) in [5.74, 6) is 0.0168. The lowest BCUT2D eigenvalue weighted by molar-refractivity contribution is -0.144. The number of amides is 1. The average molecular weight is 336 g/mol. The second-order valence-electron chi connectivity index (χ2n) is 6.23. The fourth-order valence-electron chi connectivity index (χ4n) is 3.25. The lowest BCUT2D eigenvalue weighted by Crippen LogP contribution is -2.38. The molecule has 0 aliphatic carbocycles. The van der Waals surface area contributed by atoms with Crippen LogP contribution < -0.4 is 14.8 Å².